The minimum atomic E-state index is 0.0207. The zero-order chi connectivity index (χ0) is 6.41. The Morgan fingerprint density at radius 3 is 2.75 bits per heavy atom. The highest BCUT2D eigenvalue weighted by Crippen LogP contribution is 1.68. The van der Waals surface area contributed by atoms with Crippen LogP contribution < -0.4 is 5.32 Å². The van der Waals surface area contributed by atoms with Crippen molar-refractivity contribution in [1.82, 2.24) is 5.32 Å². The SMILES string of the molecule is C/N=C(\C)CNCO. The van der Waals surface area contributed by atoms with E-state index < -0.39 is 0 Å². The lowest BCUT2D eigenvalue weighted by Crippen LogP contribution is -2.21. The summed E-state index contributed by atoms with van der Waals surface area (Å²) in [5, 5.41) is 11.0. The van der Waals surface area contributed by atoms with E-state index in [4.69, 9.17) is 5.11 Å². The molecule has 0 heterocycles. The summed E-state index contributed by atoms with van der Waals surface area (Å²) in [5.74, 6) is 0. The Kier molecular flexibility index (Phi) is 4.50. The van der Waals surface area contributed by atoms with E-state index in [2.05, 4.69) is 10.3 Å². The minimum absolute atomic E-state index is 0.0207. The number of aliphatic hydroxyl groups excluding tert-OH is 1. The predicted octanol–water partition coefficient (Wildman–Crippen LogP) is -0.384. The molecule has 0 radical (unpaired) electrons. The van der Waals surface area contributed by atoms with Crippen LogP contribution in [-0.4, -0.2) is 31.1 Å². The maximum atomic E-state index is 8.24. The molecule has 0 amide bonds. The van der Waals surface area contributed by atoms with Gasteiger partial charge >= 0.3 is 0 Å². The van der Waals surface area contributed by atoms with Crippen LogP contribution in [0.2, 0.25) is 0 Å². The molecule has 3 heteroatoms. The maximum Gasteiger partial charge on any atom is 0.0934 e. The largest absolute Gasteiger partial charge is 0.381 e. The molecule has 0 aromatic rings. The van der Waals surface area contributed by atoms with Crippen molar-refractivity contribution >= 4 is 5.71 Å². The Bertz CT molecular complexity index is 80.5. The van der Waals surface area contributed by atoms with Gasteiger partial charge in [0.2, 0.25) is 0 Å². The second-order valence-electron chi connectivity index (χ2n) is 1.54. The maximum absolute atomic E-state index is 8.24. The molecule has 0 saturated carbocycles. The molecule has 0 unspecified atom stereocenters. The van der Waals surface area contributed by atoms with E-state index in [1.807, 2.05) is 6.92 Å². The van der Waals surface area contributed by atoms with Crippen molar-refractivity contribution in [1.29, 1.82) is 0 Å². The van der Waals surface area contributed by atoms with Gasteiger partial charge < -0.3 is 5.11 Å². The van der Waals surface area contributed by atoms with Crippen molar-refractivity contribution in [3.63, 3.8) is 0 Å². The molecular formula is C5H12N2O. The molecule has 0 aliphatic carbocycles. The highest BCUT2D eigenvalue weighted by molar-refractivity contribution is 5.83. The summed E-state index contributed by atoms with van der Waals surface area (Å²) in [5.41, 5.74) is 0.999. The smallest absolute Gasteiger partial charge is 0.0934 e. The third kappa shape index (κ3) is 3.77. The fraction of sp³-hybridized carbons (Fsp3) is 0.800. The van der Waals surface area contributed by atoms with Gasteiger partial charge in [-0.3, -0.25) is 10.3 Å². The average Bonchev–Trinajstić information content (AvgIpc) is 1.83. The highest BCUT2D eigenvalue weighted by atomic mass is 16.3. The molecule has 0 atom stereocenters. The fourth-order valence-corrected chi connectivity index (χ4v) is 0.316. The van der Waals surface area contributed by atoms with E-state index in [9.17, 15) is 0 Å². The topological polar surface area (TPSA) is 44.6 Å². The molecule has 0 aromatic carbocycles. The van der Waals surface area contributed by atoms with Crippen LogP contribution in [0.1, 0.15) is 6.92 Å². The number of aliphatic hydroxyl groups is 1. The minimum Gasteiger partial charge on any atom is -0.381 e. The Labute approximate surface area is 49.4 Å². The summed E-state index contributed by atoms with van der Waals surface area (Å²) in [4.78, 5) is 3.87. The summed E-state index contributed by atoms with van der Waals surface area (Å²) in [6.07, 6.45) is 0. The normalized spacial score (nSPS) is 12.1. The Morgan fingerprint density at radius 1 is 1.75 bits per heavy atom. The van der Waals surface area contributed by atoms with Gasteiger partial charge in [-0.05, 0) is 6.92 Å². The first-order valence-corrected chi connectivity index (χ1v) is 2.55. The van der Waals surface area contributed by atoms with E-state index in [0.29, 0.717) is 6.54 Å². The quantitative estimate of drug-likeness (QED) is 0.390. The number of hydrogen-bond acceptors (Lipinski definition) is 3. The molecule has 0 aliphatic rings. The van der Waals surface area contributed by atoms with Gasteiger partial charge in [0.1, 0.15) is 0 Å². The van der Waals surface area contributed by atoms with Crippen molar-refractivity contribution in [2.24, 2.45) is 4.99 Å². The van der Waals surface area contributed by atoms with Gasteiger partial charge in [0.25, 0.3) is 0 Å². The first-order chi connectivity index (χ1) is 3.81. The second kappa shape index (κ2) is 4.74. The van der Waals surface area contributed by atoms with Crippen molar-refractivity contribution in [2.45, 2.75) is 6.92 Å². The van der Waals surface area contributed by atoms with Crippen molar-refractivity contribution in [3.8, 4) is 0 Å². The third-order valence-electron chi connectivity index (χ3n) is 0.874. The first-order valence-electron chi connectivity index (χ1n) is 2.55. The number of nitrogens with one attached hydrogen (secondary N) is 1. The van der Waals surface area contributed by atoms with Gasteiger partial charge in [-0.15, -0.1) is 0 Å². The van der Waals surface area contributed by atoms with Crippen LogP contribution >= 0.6 is 0 Å². The number of nitrogens with zero attached hydrogens (tertiary/aromatic N) is 1. The summed E-state index contributed by atoms with van der Waals surface area (Å²) < 4.78 is 0. The standard InChI is InChI=1S/C5H12N2O/c1-5(6-2)3-7-4-8/h7-8H,3-4H2,1-2H3/b6-5+. The lowest BCUT2D eigenvalue weighted by Gasteiger charge is -1.96. The Balaban J connectivity index is 3.12. The zero-order valence-corrected chi connectivity index (χ0v) is 5.31. The monoisotopic (exact) mass is 116 g/mol. The predicted molar refractivity (Wildman–Crippen MR) is 34.1 cm³/mol. The summed E-state index contributed by atoms with van der Waals surface area (Å²) >= 11 is 0. The molecule has 0 bridgehead atoms. The molecule has 0 fully saturated rings. The van der Waals surface area contributed by atoms with E-state index in [0.717, 1.165) is 5.71 Å². The van der Waals surface area contributed by atoms with Crippen LogP contribution in [0.5, 0.6) is 0 Å². The van der Waals surface area contributed by atoms with Gasteiger partial charge in [-0.25, -0.2) is 0 Å². The molecule has 3 nitrogen and oxygen atoms in total. The molecule has 0 aromatic heterocycles. The van der Waals surface area contributed by atoms with Gasteiger partial charge in [0.15, 0.2) is 0 Å². The van der Waals surface area contributed by atoms with E-state index in [-0.39, 0.29) is 6.73 Å². The van der Waals surface area contributed by atoms with E-state index >= 15 is 0 Å². The molecule has 0 rings (SSSR count). The average molecular weight is 116 g/mol. The molecule has 0 aliphatic heterocycles. The fourth-order valence-electron chi connectivity index (χ4n) is 0.316. The van der Waals surface area contributed by atoms with Crippen LogP contribution in [0, 0.1) is 0 Å². The van der Waals surface area contributed by atoms with Crippen LogP contribution in [-0.2, 0) is 0 Å². The summed E-state index contributed by atoms with van der Waals surface area (Å²) in [6.45, 7) is 2.60. The van der Waals surface area contributed by atoms with E-state index in [1.165, 1.54) is 0 Å². The van der Waals surface area contributed by atoms with Crippen molar-refractivity contribution < 1.29 is 5.11 Å². The molecule has 0 spiro atoms. The van der Waals surface area contributed by atoms with Crippen LogP contribution in [0.25, 0.3) is 0 Å². The number of rotatable bonds is 3. The summed E-state index contributed by atoms with van der Waals surface area (Å²) in [6, 6.07) is 0. The molecule has 48 valence electrons. The zero-order valence-electron chi connectivity index (χ0n) is 5.31. The van der Waals surface area contributed by atoms with Crippen LogP contribution in [0.15, 0.2) is 4.99 Å². The lowest BCUT2D eigenvalue weighted by atomic mass is 10.4. The van der Waals surface area contributed by atoms with Crippen LogP contribution in [0.3, 0.4) is 0 Å². The molecule has 8 heavy (non-hydrogen) atoms. The third-order valence-corrected chi connectivity index (χ3v) is 0.874. The van der Waals surface area contributed by atoms with Gasteiger partial charge in [0, 0.05) is 19.3 Å². The van der Waals surface area contributed by atoms with Gasteiger partial charge in [-0.1, -0.05) is 0 Å². The number of aliphatic imine (C=N–C) groups is 1. The first kappa shape index (κ1) is 7.59. The highest BCUT2D eigenvalue weighted by Gasteiger charge is 1.83. The second-order valence-corrected chi connectivity index (χ2v) is 1.54. The van der Waals surface area contributed by atoms with Crippen LogP contribution in [0.4, 0.5) is 0 Å². The van der Waals surface area contributed by atoms with Gasteiger partial charge in [-0.2, -0.15) is 0 Å². The number of hydrogen-bond donors (Lipinski definition) is 2. The molecule has 0 saturated heterocycles. The Hall–Kier alpha value is -0.410. The molecular weight excluding hydrogens is 104 g/mol. The van der Waals surface area contributed by atoms with Crippen molar-refractivity contribution in [2.75, 3.05) is 20.3 Å². The van der Waals surface area contributed by atoms with Gasteiger partial charge in [0.05, 0.1) is 6.73 Å². The summed E-state index contributed by atoms with van der Waals surface area (Å²) in [7, 11) is 1.73. The Morgan fingerprint density at radius 2 is 2.38 bits per heavy atom. The lowest BCUT2D eigenvalue weighted by molar-refractivity contribution is 0.268. The van der Waals surface area contributed by atoms with Crippen molar-refractivity contribution in [3.05, 3.63) is 0 Å². The molecule has 2 N–H and O–H groups in total. The van der Waals surface area contributed by atoms with E-state index in [1.54, 1.807) is 7.05 Å².